The van der Waals surface area contributed by atoms with E-state index in [1.807, 2.05) is 6.07 Å². The predicted octanol–water partition coefficient (Wildman–Crippen LogP) is 3.28. The second kappa shape index (κ2) is 9.39. The van der Waals surface area contributed by atoms with Gasteiger partial charge in [0.25, 0.3) is 5.91 Å². The van der Waals surface area contributed by atoms with Gasteiger partial charge < -0.3 is 20.7 Å². The molecule has 4 N–H and O–H groups in total. The summed E-state index contributed by atoms with van der Waals surface area (Å²) in [5, 5.41) is 24.6. The molecule has 154 valence electrons. The van der Waals surface area contributed by atoms with Crippen molar-refractivity contribution in [2.75, 3.05) is 11.9 Å². The van der Waals surface area contributed by atoms with Crippen molar-refractivity contribution in [3.8, 4) is 17.2 Å². The fraction of sp³-hybridized carbons (Fsp3) is 0.238. The number of nitriles is 1. The number of aliphatic hydroxyl groups is 1. The van der Waals surface area contributed by atoms with Gasteiger partial charge in [-0.3, -0.25) is 4.79 Å². The minimum atomic E-state index is -0.916. The number of anilines is 1. The summed E-state index contributed by atoms with van der Waals surface area (Å²) in [6, 6.07) is 6.82. The monoisotopic (exact) mass is 425 g/mol. The number of aliphatic hydroxyl groups excluding tert-OH is 1. The predicted molar refractivity (Wildman–Crippen MR) is 114 cm³/mol. The van der Waals surface area contributed by atoms with Gasteiger partial charge in [0, 0.05) is 35.7 Å². The van der Waals surface area contributed by atoms with Crippen molar-refractivity contribution in [3.63, 3.8) is 0 Å². The maximum atomic E-state index is 12.7. The molecule has 0 unspecified atom stereocenters. The normalized spacial score (nSPS) is 12.6. The number of aromatic amines is 1. The van der Waals surface area contributed by atoms with E-state index in [1.165, 1.54) is 18.5 Å². The summed E-state index contributed by atoms with van der Waals surface area (Å²) in [7, 11) is 0. The van der Waals surface area contributed by atoms with Crippen molar-refractivity contribution < 1.29 is 11.3 Å². The number of nitrogens with one attached hydrogen (secondary N) is 3. The Morgan fingerprint density at radius 3 is 2.80 bits per heavy atom. The molecule has 8 nitrogen and oxygen atoms in total. The Kier molecular flexibility index (Phi) is 6.23. The Morgan fingerprint density at radius 1 is 1.37 bits per heavy atom. The van der Waals surface area contributed by atoms with E-state index < -0.39 is 18.0 Å². The Balaban J connectivity index is 1.79. The third-order valence-electron chi connectivity index (χ3n) is 4.26. The lowest BCUT2D eigenvalue weighted by atomic mass is 10.1. The number of aromatic nitrogens is 3. The second-order valence-electron chi connectivity index (χ2n) is 6.77. The van der Waals surface area contributed by atoms with Crippen molar-refractivity contribution in [1.82, 2.24) is 20.3 Å². The number of hydrogen-bond acceptors (Lipinski definition) is 6. The molecule has 1 amide bonds. The van der Waals surface area contributed by atoms with E-state index in [0.717, 1.165) is 0 Å². The number of carbonyl (C=O) groups excluding carboxylic acids is 1. The average Bonchev–Trinajstić information content (AvgIpc) is 3.22. The van der Waals surface area contributed by atoms with Gasteiger partial charge in [0.05, 0.1) is 19.0 Å². The number of rotatable bonds is 7. The molecule has 3 aromatic heterocycles. The summed E-state index contributed by atoms with van der Waals surface area (Å²) in [5.74, 6) is 0.0609. The molecule has 9 heteroatoms. The Bertz CT molecular complexity index is 1120. The molecule has 0 spiro atoms. The van der Waals surface area contributed by atoms with Crippen LogP contribution in [0.3, 0.4) is 0 Å². The van der Waals surface area contributed by atoms with E-state index in [0.29, 0.717) is 27.5 Å². The van der Waals surface area contributed by atoms with Crippen LogP contribution < -0.4 is 10.6 Å². The molecule has 1 atom stereocenters. The average molecular weight is 426 g/mol. The van der Waals surface area contributed by atoms with Gasteiger partial charge in [0.1, 0.15) is 23.3 Å². The van der Waals surface area contributed by atoms with Crippen LogP contribution >= 0.6 is 11.6 Å². The molecule has 3 aromatic rings. The number of nitrogens with zero attached hydrogens (tertiary/aromatic N) is 3. The Labute approximate surface area is 180 Å². The molecular weight excluding hydrogens is 404 g/mol. The Morgan fingerprint density at radius 2 is 2.17 bits per heavy atom. The van der Waals surface area contributed by atoms with Crippen molar-refractivity contribution in [2.45, 2.75) is 25.9 Å². The van der Waals surface area contributed by atoms with E-state index in [-0.39, 0.29) is 18.0 Å². The summed E-state index contributed by atoms with van der Waals surface area (Å²) in [6.45, 7) is 3.06. The van der Waals surface area contributed by atoms with Gasteiger partial charge in [-0.2, -0.15) is 5.26 Å². The molecule has 3 rings (SSSR count). The largest absolute Gasteiger partial charge is 0.394 e. The van der Waals surface area contributed by atoms with E-state index in [9.17, 15) is 9.90 Å². The molecule has 3 heterocycles. The highest BCUT2D eigenvalue weighted by Crippen LogP contribution is 2.30. The molecule has 0 fully saturated rings. The third-order valence-corrected chi connectivity index (χ3v) is 4.56. The van der Waals surface area contributed by atoms with Crippen molar-refractivity contribution in [2.24, 2.45) is 0 Å². The first-order valence-corrected chi connectivity index (χ1v) is 9.48. The maximum Gasteiger partial charge on any atom is 0.268 e. The van der Waals surface area contributed by atoms with Crippen molar-refractivity contribution >= 4 is 23.3 Å². The lowest BCUT2D eigenvalue weighted by molar-refractivity contribution is 0.0911. The Hall–Kier alpha value is -3.41. The minimum absolute atomic E-state index is 0.248. The quantitative estimate of drug-likeness (QED) is 0.460. The van der Waals surface area contributed by atoms with Gasteiger partial charge in [-0.25, -0.2) is 9.97 Å². The number of carbonyl (C=O) groups is 1. The summed E-state index contributed by atoms with van der Waals surface area (Å²) < 4.78 is 7.95. The fourth-order valence-electron chi connectivity index (χ4n) is 2.81. The number of H-pyrrole nitrogens is 1. The number of hydrogen-bond donors (Lipinski definition) is 4. The standard InChI is InChI=1S/C21H21ClN6O2/c1-12(2)27-20-6-16(17(22)10-26-20)14-5-18(25-9-14)21(30)28-19(11-29)13-3-4-15(7-23)24-8-13/h3-6,8-10,12,19,25,29H,11H2,1-2H3,(H,26,27)(H,28,30)/t19-/m1/s1/i12D. The summed E-state index contributed by atoms with van der Waals surface area (Å²) in [6.07, 6.45) is 4.57. The van der Waals surface area contributed by atoms with Crippen LogP contribution in [0.25, 0.3) is 11.1 Å². The van der Waals surface area contributed by atoms with Crippen molar-refractivity contribution in [1.29, 1.82) is 5.26 Å². The fourth-order valence-corrected chi connectivity index (χ4v) is 3.03. The zero-order valence-electron chi connectivity index (χ0n) is 17.4. The van der Waals surface area contributed by atoms with Crippen molar-refractivity contribution in [3.05, 3.63) is 64.8 Å². The van der Waals surface area contributed by atoms with Gasteiger partial charge >= 0.3 is 0 Å². The van der Waals surface area contributed by atoms with Gasteiger partial charge in [0.15, 0.2) is 0 Å². The van der Waals surface area contributed by atoms with Gasteiger partial charge in [-0.15, -0.1) is 0 Å². The maximum absolute atomic E-state index is 12.7. The summed E-state index contributed by atoms with van der Waals surface area (Å²) >= 11 is 6.29. The zero-order chi connectivity index (χ0) is 22.6. The molecule has 0 saturated heterocycles. The van der Waals surface area contributed by atoms with Gasteiger partial charge in [0.2, 0.25) is 0 Å². The van der Waals surface area contributed by atoms with Crippen LogP contribution in [0.15, 0.2) is 42.9 Å². The SMILES string of the molecule is [2H]C(C)(C)Nc1cc(-c2c[nH]c(C(=O)N[C@H](CO)c3ccc(C#N)nc3)c2)c(Cl)cn1. The van der Waals surface area contributed by atoms with Gasteiger partial charge in [-0.1, -0.05) is 17.7 Å². The summed E-state index contributed by atoms with van der Waals surface area (Å²) in [5.41, 5.74) is 2.42. The molecule has 0 aliphatic heterocycles. The zero-order valence-corrected chi connectivity index (χ0v) is 17.2. The second-order valence-corrected chi connectivity index (χ2v) is 7.18. The number of halogens is 1. The van der Waals surface area contributed by atoms with Gasteiger partial charge in [-0.05, 0) is 37.6 Å². The lowest BCUT2D eigenvalue weighted by Gasteiger charge is -2.15. The number of pyridine rings is 2. The molecule has 0 saturated carbocycles. The number of amides is 1. The lowest BCUT2D eigenvalue weighted by Crippen LogP contribution is -2.31. The molecule has 0 radical (unpaired) electrons. The topological polar surface area (TPSA) is 127 Å². The molecule has 0 aliphatic rings. The van der Waals surface area contributed by atoms with Crippen LogP contribution in [0.5, 0.6) is 0 Å². The van der Waals surface area contributed by atoms with Crippen LogP contribution in [-0.2, 0) is 0 Å². The van der Waals surface area contributed by atoms with E-state index in [2.05, 4.69) is 25.6 Å². The molecule has 30 heavy (non-hydrogen) atoms. The highest BCUT2D eigenvalue weighted by Gasteiger charge is 2.18. The van der Waals surface area contributed by atoms with E-state index >= 15 is 0 Å². The van der Waals surface area contributed by atoms with E-state index in [4.69, 9.17) is 18.2 Å². The van der Waals surface area contributed by atoms with Crippen LogP contribution in [0, 0.1) is 11.3 Å². The third kappa shape index (κ3) is 4.95. The molecule has 0 aliphatic carbocycles. The highest BCUT2D eigenvalue weighted by atomic mass is 35.5. The van der Waals surface area contributed by atoms with Crippen LogP contribution in [0.4, 0.5) is 5.82 Å². The molecule has 0 aromatic carbocycles. The van der Waals surface area contributed by atoms with E-state index in [1.54, 1.807) is 38.2 Å². The van der Waals surface area contributed by atoms with Crippen LogP contribution in [0.2, 0.25) is 5.02 Å². The molecular formula is C21H21ClN6O2. The highest BCUT2D eigenvalue weighted by molar-refractivity contribution is 6.33. The summed E-state index contributed by atoms with van der Waals surface area (Å²) in [4.78, 5) is 23.7. The molecule has 0 bridgehead atoms. The first-order valence-electron chi connectivity index (χ1n) is 9.60. The van der Waals surface area contributed by atoms with Crippen LogP contribution in [0.1, 0.15) is 43.0 Å². The van der Waals surface area contributed by atoms with Crippen LogP contribution in [-0.4, -0.2) is 38.6 Å². The smallest absolute Gasteiger partial charge is 0.268 e. The first kappa shape index (κ1) is 19.9. The minimum Gasteiger partial charge on any atom is -0.394 e. The first-order chi connectivity index (χ1) is 14.7.